The number of carboxylic acid groups (broad SMARTS) is 1. The number of carbonyl (C=O) groups is 1. The Kier molecular flexibility index (Phi) is 5.63. The smallest absolute Gasteiger partial charge is 0.372 e. The Morgan fingerprint density at radius 1 is 1.60 bits per heavy atom. The molecule has 1 rings (SSSR count). The summed E-state index contributed by atoms with van der Waals surface area (Å²) in [4.78, 5) is 28.8. The van der Waals surface area contributed by atoms with E-state index in [0.29, 0.717) is 12.8 Å². The van der Waals surface area contributed by atoms with Gasteiger partial charge in [-0.1, -0.05) is 19.8 Å². The van der Waals surface area contributed by atoms with E-state index in [-0.39, 0.29) is 11.7 Å². The lowest BCUT2D eigenvalue weighted by Crippen LogP contribution is -2.30. The summed E-state index contributed by atoms with van der Waals surface area (Å²) in [6, 6.07) is -0.951. The van der Waals surface area contributed by atoms with Gasteiger partial charge in [-0.3, -0.25) is 10.1 Å². The van der Waals surface area contributed by atoms with E-state index in [1.54, 1.807) is 0 Å². The zero-order valence-corrected chi connectivity index (χ0v) is 11.2. The highest BCUT2D eigenvalue weighted by Crippen LogP contribution is 2.31. The fourth-order valence-electron chi connectivity index (χ4n) is 1.61. The van der Waals surface area contributed by atoms with Crippen molar-refractivity contribution in [2.45, 2.75) is 32.2 Å². The Bertz CT molecular complexity index is 494. The van der Waals surface area contributed by atoms with Crippen LogP contribution in [0.15, 0.2) is 6.33 Å². The number of aliphatic carboxylic acids is 1. The Labute approximate surface area is 115 Å². The number of hydrogen-bond donors (Lipinski definition) is 2. The number of rotatable bonds is 8. The monoisotopic (exact) mass is 284 g/mol. The van der Waals surface area contributed by atoms with Crippen LogP contribution in [0.5, 0.6) is 5.88 Å². The lowest BCUT2D eigenvalue weighted by Gasteiger charge is -2.14. The lowest BCUT2D eigenvalue weighted by molar-refractivity contribution is -0.385. The number of ether oxygens (including phenoxy) is 1. The summed E-state index contributed by atoms with van der Waals surface area (Å²) in [6.45, 7) is 1.93. The molecule has 1 heterocycles. The van der Waals surface area contributed by atoms with Gasteiger partial charge in [-0.25, -0.2) is 9.78 Å². The molecule has 0 aliphatic rings. The second-order valence-electron chi connectivity index (χ2n) is 4.01. The number of hydrogen-bond acceptors (Lipinski definition) is 7. The first-order valence-electron chi connectivity index (χ1n) is 6.04. The second-order valence-corrected chi connectivity index (χ2v) is 4.01. The quantitative estimate of drug-likeness (QED) is 0.542. The first kappa shape index (κ1) is 15.6. The summed E-state index contributed by atoms with van der Waals surface area (Å²) < 4.78 is 4.79. The third-order valence-electron chi connectivity index (χ3n) is 2.62. The molecule has 0 aliphatic carbocycles. The highest BCUT2D eigenvalue weighted by atomic mass is 16.6. The van der Waals surface area contributed by atoms with Crippen LogP contribution in [0.4, 0.5) is 11.5 Å². The second kappa shape index (κ2) is 7.22. The maximum atomic E-state index is 11.1. The summed E-state index contributed by atoms with van der Waals surface area (Å²) in [5, 5.41) is 22.7. The van der Waals surface area contributed by atoms with Crippen LogP contribution in [-0.2, 0) is 4.79 Å². The molecular formula is C11H16N4O5. The van der Waals surface area contributed by atoms with Crippen molar-refractivity contribution >= 4 is 17.5 Å². The van der Waals surface area contributed by atoms with Gasteiger partial charge in [0.25, 0.3) is 5.88 Å². The van der Waals surface area contributed by atoms with Crippen LogP contribution in [0.25, 0.3) is 0 Å². The summed E-state index contributed by atoms with van der Waals surface area (Å²) in [6.07, 6.45) is 2.92. The molecule has 20 heavy (non-hydrogen) atoms. The van der Waals surface area contributed by atoms with E-state index in [1.807, 2.05) is 6.92 Å². The van der Waals surface area contributed by atoms with Crippen molar-refractivity contribution in [2.75, 3.05) is 12.4 Å². The Hall–Kier alpha value is -2.45. The molecule has 1 aromatic heterocycles. The average molecular weight is 284 g/mol. The van der Waals surface area contributed by atoms with Gasteiger partial charge in [-0.15, -0.1) is 0 Å². The minimum Gasteiger partial charge on any atom is -0.480 e. The molecular weight excluding hydrogens is 268 g/mol. The molecule has 0 amide bonds. The maximum Gasteiger partial charge on any atom is 0.372 e. The Morgan fingerprint density at radius 3 is 2.80 bits per heavy atom. The number of nitrogens with zero attached hydrogens (tertiary/aromatic N) is 3. The molecule has 0 fully saturated rings. The number of nitrogens with one attached hydrogen (secondary N) is 1. The first-order chi connectivity index (χ1) is 9.51. The van der Waals surface area contributed by atoms with Crippen molar-refractivity contribution < 1.29 is 19.6 Å². The number of anilines is 1. The van der Waals surface area contributed by atoms with Crippen molar-refractivity contribution in [3.63, 3.8) is 0 Å². The van der Waals surface area contributed by atoms with Crippen LogP contribution in [-0.4, -0.2) is 39.1 Å². The van der Waals surface area contributed by atoms with Gasteiger partial charge in [0.15, 0.2) is 0 Å². The minimum atomic E-state index is -1.09. The Morgan fingerprint density at radius 2 is 2.30 bits per heavy atom. The molecule has 0 spiro atoms. The van der Waals surface area contributed by atoms with Crippen molar-refractivity contribution in [2.24, 2.45) is 0 Å². The number of methoxy groups -OCH3 is 1. The minimum absolute atomic E-state index is 0.162. The molecule has 9 heteroatoms. The predicted molar refractivity (Wildman–Crippen MR) is 69.8 cm³/mol. The molecule has 1 atom stereocenters. The van der Waals surface area contributed by atoms with E-state index < -0.39 is 22.6 Å². The maximum absolute atomic E-state index is 11.1. The number of nitro groups is 1. The van der Waals surface area contributed by atoms with E-state index in [0.717, 1.165) is 12.7 Å². The summed E-state index contributed by atoms with van der Waals surface area (Å²) in [5.74, 6) is -1.47. The van der Waals surface area contributed by atoms with Crippen LogP contribution < -0.4 is 10.1 Å². The summed E-state index contributed by atoms with van der Waals surface area (Å²) >= 11 is 0. The molecule has 9 nitrogen and oxygen atoms in total. The zero-order valence-electron chi connectivity index (χ0n) is 11.2. The molecule has 0 saturated carbocycles. The van der Waals surface area contributed by atoms with Gasteiger partial charge in [0.2, 0.25) is 5.82 Å². The third-order valence-corrected chi connectivity index (χ3v) is 2.62. The summed E-state index contributed by atoms with van der Waals surface area (Å²) in [5.41, 5.74) is -0.474. The van der Waals surface area contributed by atoms with Crippen molar-refractivity contribution in [1.29, 1.82) is 0 Å². The van der Waals surface area contributed by atoms with Crippen LogP contribution in [0, 0.1) is 10.1 Å². The van der Waals surface area contributed by atoms with E-state index in [2.05, 4.69) is 15.3 Å². The largest absolute Gasteiger partial charge is 0.480 e. The molecule has 2 N–H and O–H groups in total. The topological polar surface area (TPSA) is 127 Å². The molecule has 1 unspecified atom stereocenters. The van der Waals surface area contributed by atoms with Gasteiger partial charge >= 0.3 is 11.7 Å². The molecule has 110 valence electrons. The highest BCUT2D eigenvalue weighted by molar-refractivity contribution is 5.78. The van der Waals surface area contributed by atoms with Crippen molar-refractivity contribution in [3.05, 3.63) is 16.4 Å². The SMILES string of the molecule is CCCCC(Nc1ncnc(OC)c1[N+](=O)[O-])C(=O)O. The van der Waals surface area contributed by atoms with Crippen LogP contribution >= 0.6 is 0 Å². The third kappa shape index (κ3) is 3.77. The number of unbranched alkanes of at least 4 members (excludes halogenated alkanes) is 1. The Balaban J connectivity index is 3.05. The van der Waals surface area contributed by atoms with Gasteiger partial charge < -0.3 is 15.2 Å². The normalized spacial score (nSPS) is 11.7. The number of carboxylic acids is 1. The molecule has 0 radical (unpaired) electrons. The molecule has 0 bridgehead atoms. The first-order valence-corrected chi connectivity index (χ1v) is 6.04. The standard InChI is InChI=1S/C11H16N4O5/c1-3-4-5-7(11(16)17)14-9-8(15(18)19)10(20-2)13-6-12-9/h6-7H,3-5H2,1-2H3,(H,16,17)(H,12,13,14). The van der Waals surface area contributed by atoms with E-state index in [1.165, 1.54) is 7.11 Å². The lowest BCUT2D eigenvalue weighted by atomic mass is 10.1. The highest BCUT2D eigenvalue weighted by Gasteiger charge is 2.27. The van der Waals surface area contributed by atoms with Gasteiger partial charge in [0, 0.05) is 0 Å². The predicted octanol–water partition coefficient (Wildman–Crippen LogP) is 1.45. The number of aromatic nitrogens is 2. The van der Waals surface area contributed by atoms with Gasteiger partial charge in [-0.05, 0) is 6.42 Å². The van der Waals surface area contributed by atoms with Crippen molar-refractivity contribution in [3.8, 4) is 5.88 Å². The van der Waals surface area contributed by atoms with E-state index >= 15 is 0 Å². The van der Waals surface area contributed by atoms with Gasteiger partial charge in [-0.2, -0.15) is 4.98 Å². The fourth-order valence-corrected chi connectivity index (χ4v) is 1.61. The average Bonchev–Trinajstić information content (AvgIpc) is 2.42. The molecule has 0 aromatic carbocycles. The van der Waals surface area contributed by atoms with E-state index in [4.69, 9.17) is 9.84 Å². The molecule has 1 aromatic rings. The van der Waals surface area contributed by atoms with Gasteiger partial charge in [0.1, 0.15) is 12.4 Å². The van der Waals surface area contributed by atoms with Crippen LogP contribution in [0.2, 0.25) is 0 Å². The molecule has 0 saturated heterocycles. The van der Waals surface area contributed by atoms with E-state index in [9.17, 15) is 14.9 Å². The van der Waals surface area contributed by atoms with Crippen molar-refractivity contribution in [1.82, 2.24) is 9.97 Å². The molecule has 0 aliphatic heterocycles. The van der Waals surface area contributed by atoms with Gasteiger partial charge in [0.05, 0.1) is 12.0 Å². The summed E-state index contributed by atoms with van der Waals surface area (Å²) in [7, 11) is 1.24. The van der Waals surface area contributed by atoms with Crippen LogP contribution in [0.3, 0.4) is 0 Å². The van der Waals surface area contributed by atoms with Crippen LogP contribution in [0.1, 0.15) is 26.2 Å². The zero-order chi connectivity index (χ0) is 15.1. The fraction of sp³-hybridized carbons (Fsp3) is 0.545.